The van der Waals surface area contributed by atoms with Crippen molar-refractivity contribution in [1.29, 1.82) is 0 Å². The third-order valence-corrected chi connectivity index (χ3v) is 8.73. The molecule has 1 aliphatic heterocycles. The zero-order valence-electron chi connectivity index (χ0n) is 24.7. The first-order valence-electron chi connectivity index (χ1n) is 14.5. The van der Waals surface area contributed by atoms with Crippen molar-refractivity contribution >= 4 is 28.2 Å². The standard InChI is InChI=1S/C31H42N6O3S/c1-6-24-18-34-31(35-28-14-20(2)13-21(3)15-28)36-29(24)19-33-27-10-12-37(22(4)16-27)30(38)25-9-11-32-26(17-25)8-7-23(5)41(39)40/h9,11,13-15,17-18,22-23,27,33,41H,6-8,10,12,16,19H2,1-5H3,(H,34,35,36)/t22-,23?,27-/m1/s1. The van der Waals surface area contributed by atoms with Gasteiger partial charge in [-0.25, -0.2) is 18.4 Å². The van der Waals surface area contributed by atoms with E-state index in [0.29, 0.717) is 37.4 Å². The number of carbonyl (C=O) groups excluding carboxylic acids is 1. The molecule has 41 heavy (non-hydrogen) atoms. The van der Waals surface area contributed by atoms with Crippen LogP contribution < -0.4 is 10.6 Å². The number of hydrogen-bond donors (Lipinski definition) is 3. The Morgan fingerprint density at radius 3 is 2.59 bits per heavy atom. The SMILES string of the molecule is CCc1cnc(Nc2cc(C)cc(C)c2)nc1CN[C@@H]1CCN(C(=O)c2ccnc(CCC(C)[SH](=O)=O)c2)[C@H](C)C1. The third-order valence-electron chi connectivity index (χ3n) is 7.75. The number of anilines is 2. The lowest BCUT2D eigenvalue weighted by molar-refractivity contribution is 0.0601. The molecule has 0 saturated carbocycles. The maximum absolute atomic E-state index is 13.4. The molecule has 220 valence electrons. The van der Waals surface area contributed by atoms with Crippen molar-refractivity contribution in [2.45, 2.75) is 90.6 Å². The highest BCUT2D eigenvalue weighted by Gasteiger charge is 2.29. The Morgan fingerprint density at radius 2 is 1.90 bits per heavy atom. The number of hydrogen-bond acceptors (Lipinski definition) is 8. The second-order valence-corrected chi connectivity index (χ2v) is 12.6. The van der Waals surface area contributed by atoms with Gasteiger partial charge in [0.1, 0.15) is 10.7 Å². The highest BCUT2D eigenvalue weighted by atomic mass is 32.2. The van der Waals surface area contributed by atoms with Crippen molar-refractivity contribution in [3.63, 3.8) is 0 Å². The number of carbonyl (C=O) groups is 1. The highest BCUT2D eigenvalue weighted by Crippen LogP contribution is 2.22. The molecule has 0 spiro atoms. The van der Waals surface area contributed by atoms with Gasteiger partial charge in [-0.1, -0.05) is 13.0 Å². The first kappa shape index (κ1) is 30.6. The van der Waals surface area contributed by atoms with Crippen LogP contribution in [0, 0.1) is 13.8 Å². The second kappa shape index (κ2) is 14.0. The van der Waals surface area contributed by atoms with E-state index in [9.17, 15) is 13.2 Å². The summed E-state index contributed by atoms with van der Waals surface area (Å²) in [7, 11) is -2.45. The summed E-state index contributed by atoms with van der Waals surface area (Å²) in [6, 6.07) is 10.2. The summed E-state index contributed by atoms with van der Waals surface area (Å²) in [6.07, 6.45) is 7.11. The van der Waals surface area contributed by atoms with E-state index in [4.69, 9.17) is 4.98 Å². The fraction of sp³-hybridized carbons (Fsp3) is 0.484. The molecule has 3 atom stereocenters. The molecular formula is C31H42N6O3S. The minimum Gasteiger partial charge on any atom is -0.336 e. The second-order valence-electron chi connectivity index (χ2n) is 11.2. The van der Waals surface area contributed by atoms with E-state index in [1.807, 2.05) is 11.1 Å². The van der Waals surface area contributed by atoms with E-state index in [2.05, 4.69) is 66.5 Å². The molecule has 2 N–H and O–H groups in total. The normalized spacial score (nSPS) is 18.0. The minimum atomic E-state index is -2.45. The smallest absolute Gasteiger partial charge is 0.254 e. The fourth-order valence-electron chi connectivity index (χ4n) is 5.40. The summed E-state index contributed by atoms with van der Waals surface area (Å²) in [5.41, 5.74) is 6.80. The molecule has 9 nitrogen and oxygen atoms in total. The van der Waals surface area contributed by atoms with Gasteiger partial charge < -0.3 is 15.5 Å². The monoisotopic (exact) mass is 578 g/mol. The summed E-state index contributed by atoms with van der Waals surface area (Å²) in [4.78, 5) is 29.0. The van der Waals surface area contributed by atoms with Crippen LogP contribution in [0.5, 0.6) is 0 Å². The van der Waals surface area contributed by atoms with Gasteiger partial charge in [0.25, 0.3) is 5.91 Å². The quantitative estimate of drug-likeness (QED) is 0.285. The summed E-state index contributed by atoms with van der Waals surface area (Å²) < 4.78 is 22.3. The van der Waals surface area contributed by atoms with Gasteiger partial charge in [0.05, 0.1) is 10.9 Å². The summed E-state index contributed by atoms with van der Waals surface area (Å²) in [5, 5.41) is 6.63. The molecule has 1 unspecified atom stereocenters. The molecule has 4 rings (SSSR count). The fourth-order valence-corrected chi connectivity index (χ4v) is 5.74. The molecule has 1 aliphatic rings. The van der Waals surface area contributed by atoms with Crippen molar-refractivity contribution in [3.05, 3.63) is 76.4 Å². The number of nitrogens with zero attached hydrogens (tertiary/aromatic N) is 4. The zero-order chi connectivity index (χ0) is 29.5. The lowest BCUT2D eigenvalue weighted by Crippen LogP contribution is -2.49. The van der Waals surface area contributed by atoms with E-state index in [1.54, 1.807) is 25.3 Å². The van der Waals surface area contributed by atoms with E-state index in [-0.39, 0.29) is 18.0 Å². The molecule has 3 aromatic rings. The number of aryl methyl sites for hydroxylation is 4. The van der Waals surface area contributed by atoms with E-state index in [0.717, 1.165) is 41.9 Å². The van der Waals surface area contributed by atoms with Crippen LogP contribution in [0.15, 0.2) is 42.7 Å². The van der Waals surface area contributed by atoms with Crippen LogP contribution >= 0.6 is 0 Å². The Hall–Kier alpha value is -3.37. The van der Waals surface area contributed by atoms with Crippen molar-refractivity contribution in [2.24, 2.45) is 0 Å². The van der Waals surface area contributed by atoms with E-state index in [1.165, 1.54) is 11.1 Å². The maximum atomic E-state index is 13.4. The molecule has 1 amide bonds. The van der Waals surface area contributed by atoms with Crippen LogP contribution in [0.2, 0.25) is 0 Å². The van der Waals surface area contributed by atoms with Crippen LogP contribution in [0.1, 0.15) is 78.5 Å². The van der Waals surface area contributed by atoms with Crippen LogP contribution in [0.25, 0.3) is 0 Å². The van der Waals surface area contributed by atoms with Gasteiger partial charge in [0.15, 0.2) is 0 Å². The molecular weight excluding hydrogens is 536 g/mol. The molecule has 2 aromatic heterocycles. The van der Waals surface area contributed by atoms with Gasteiger partial charge in [-0.15, -0.1) is 0 Å². The van der Waals surface area contributed by atoms with Crippen molar-refractivity contribution < 1.29 is 13.2 Å². The average Bonchev–Trinajstić information content (AvgIpc) is 2.94. The molecule has 10 heteroatoms. The van der Waals surface area contributed by atoms with Gasteiger partial charge in [-0.2, -0.15) is 0 Å². The minimum absolute atomic E-state index is 0.00581. The zero-order valence-corrected chi connectivity index (χ0v) is 25.6. The van der Waals surface area contributed by atoms with Crippen LogP contribution in [-0.4, -0.2) is 58.1 Å². The number of piperidine rings is 1. The number of rotatable bonds is 11. The van der Waals surface area contributed by atoms with Crippen molar-refractivity contribution in [1.82, 2.24) is 25.2 Å². The Bertz CT molecular complexity index is 1410. The van der Waals surface area contributed by atoms with Crippen LogP contribution in [0.4, 0.5) is 11.6 Å². The molecule has 0 bridgehead atoms. The predicted molar refractivity (Wildman–Crippen MR) is 163 cm³/mol. The lowest BCUT2D eigenvalue weighted by atomic mass is 9.97. The van der Waals surface area contributed by atoms with Gasteiger partial charge in [-0.05, 0) is 101 Å². The van der Waals surface area contributed by atoms with Gasteiger partial charge >= 0.3 is 0 Å². The Morgan fingerprint density at radius 1 is 1.15 bits per heavy atom. The largest absolute Gasteiger partial charge is 0.336 e. The average molecular weight is 579 g/mol. The summed E-state index contributed by atoms with van der Waals surface area (Å²) in [6.45, 7) is 11.3. The predicted octanol–water partition coefficient (Wildman–Crippen LogP) is 4.51. The number of thiol groups is 1. The van der Waals surface area contributed by atoms with E-state index < -0.39 is 16.0 Å². The van der Waals surface area contributed by atoms with Crippen LogP contribution in [-0.2, 0) is 30.1 Å². The maximum Gasteiger partial charge on any atom is 0.254 e. The molecule has 0 radical (unpaired) electrons. The van der Waals surface area contributed by atoms with E-state index >= 15 is 0 Å². The number of likely N-dealkylation sites (tertiary alicyclic amines) is 1. The Balaban J connectivity index is 1.35. The number of aromatic nitrogens is 3. The molecule has 0 aliphatic carbocycles. The first-order valence-corrected chi connectivity index (χ1v) is 15.7. The van der Waals surface area contributed by atoms with Gasteiger partial charge in [-0.3, -0.25) is 9.78 Å². The topological polar surface area (TPSA) is 117 Å². The lowest BCUT2D eigenvalue weighted by Gasteiger charge is -2.38. The Kier molecular flexibility index (Phi) is 10.4. The Labute approximate surface area is 245 Å². The van der Waals surface area contributed by atoms with Crippen molar-refractivity contribution in [3.8, 4) is 0 Å². The van der Waals surface area contributed by atoms with Crippen molar-refractivity contribution in [2.75, 3.05) is 11.9 Å². The number of benzene rings is 1. The molecule has 1 aromatic carbocycles. The number of pyridine rings is 1. The highest BCUT2D eigenvalue weighted by molar-refractivity contribution is 7.73. The first-order chi connectivity index (χ1) is 19.6. The molecule has 1 fully saturated rings. The van der Waals surface area contributed by atoms with Gasteiger partial charge in [0, 0.05) is 54.5 Å². The molecule has 1 saturated heterocycles. The third kappa shape index (κ3) is 8.33. The van der Waals surface area contributed by atoms with Crippen LogP contribution in [0.3, 0.4) is 0 Å². The van der Waals surface area contributed by atoms with Gasteiger partial charge in [0.2, 0.25) is 5.95 Å². The molecule has 3 heterocycles. The summed E-state index contributed by atoms with van der Waals surface area (Å²) >= 11 is 0. The number of nitrogens with one attached hydrogen (secondary N) is 2. The number of amides is 1. The summed E-state index contributed by atoms with van der Waals surface area (Å²) in [5.74, 6) is 0.583.